The smallest absolute Gasteiger partial charge is 0.0109 e. The molecule has 3 rings (SSSR count). The summed E-state index contributed by atoms with van der Waals surface area (Å²) in [4.78, 5) is 3.04. The van der Waals surface area contributed by atoms with E-state index < -0.39 is 0 Å². The third-order valence-corrected chi connectivity index (χ3v) is 10.3. The van der Waals surface area contributed by atoms with Gasteiger partial charge in [-0.1, -0.05) is 110 Å². The van der Waals surface area contributed by atoms with Crippen LogP contribution in [0.25, 0.3) is 0 Å². The largest absolute Gasteiger partial charge is 0.298 e. The van der Waals surface area contributed by atoms with E-state index in [4.69, 9.17) is 0 Å². The average molecular weight is 450 g/mol. The highest BCUT2D eigenvalue weighted by molar-refractivity contribution is 8.00. The number of hydrogen-bond acceptors (Lipinski definition) is 2. The molecule has 1 nitrogen and oxygen atoms in total. The summed E-state index contributed by atoms with van der Waals surface area (Å²) in [5.74, 6) is 0. The predicted octanol–water partition coefficient (Wildman–Crippen LogP) is 9.53. The lowest BCUT2D eigenvalue weighted by Crippen LogP contribution is -2.44. The van der Waals surface area contributed by atoms with Gasteiger partial charge in [-0.05, 0) is 51.5 Å². The van der Waals surface area contributed by atoms with Crippen LogP contribution in [0.2, 0.25) is 0 Å². The molecule has 0 amide bonds. The SMILES string of the molecule is CCN1C2CCCCCCCCCCC(CC2)SC2CCCCCCCCCCC1C2. The van der Waals surface area contributed by atoms with Crippen LogP contribution in [0.15, 0.2) is 0 Å². The molecule has 4 bridgehead atoms. The topological polar surface area (TPSA) is 3.24 Å². The Morgan fingerprint density at radius 3 is 1.48 bits per heavy atom. The molecule has 1 saturated heterocycles. The Morgan fingerprint density at radius 1 is 0.484 bits per heavy atom. The highest BCUT2D eigenvalue weighted by Crippen LogP contribution is 2.38. The second kappa shape index (κ2) is 16.0. The molecule has 182 valence electrons. The van der Waals surface area contributed by atoms with Gasteiger partial charge in [0.25, 0.3) is 0 Å². The van der Waals surface area contributed by atoms with E-state index in [1.807, 2.05) is 0 Å². The summed E-state index contributed by atoms with van der Waals surface area (Å²) in [5.41, 5.74) is 0. The Bertz CT molecular complexity index is 438. The summed E-state index contributed by atoms with van der Waals surface area (Å²) in [6.45, 7) is 3.77. The van der Waals surface area contributed by atoms with Gasteiger partial charge in [-0.2, -0.15) is 11.8 Å². The summed E-state index contributed by atoms with van der Waals surface area (Å²) < 4.78 is 0. The van der Waals surface area contributed by atoms with Crippen LogP contribution in [0.3, 0.4) is 0 Å². The van der Waals surface area contributed by atoms with Crippen LogP contribution in [-0.4, -0.2) is 34.0 Å². The van der Waals surface area contributed by atoms with Crippen LogP contribution in [-0.2, 0) is 0 Å². The quantitative estimate of drug-likeness (QED) is 0.392. The molecule has 1 aliphatic heterocycles. The fourth-order valence-corrected chi connectivity index (χ4v) is 8.57. The second-order valence-electron chi connectivity index (χ2n) is 11.1. The Labute approximate surface area is 200 Å². The second-order valence-corrected chi connectivity index (χ2v) is 12.7. The molecule has 0 spiro atoms. The lowest BCUT2D eigenvalue weighted by atomic mass is 9.93. The Morgan fingerprint density at radius 2 is 0.935 bits per heavy atom. The van der Waals surface area contributed by atoms with Gasteiger partial charge in [0.2, 0.25) is 0 Å². The molecule has 31 heavy (non-hydrogen) atoms. The maximum Gasteiger partial charge on any atom is 0.0109 e. The summed E-state index contributed by atoms with van der Waals surface area (Å²) in [6.07, 6.45) is 34.3. The van der Waals surface area contributed by atoms with Gasteiger partial charge in [0.05, 0.1) is 0 Å². The van der Waals surface area contributed by atoms with Crippen molar-refractivity contribution >= 4 is 11.8 Å². The van der Waals surface area contributed by atoms with Gasteiger partial charge in [-0.25, -0.2) is 0 Å². The van der Waals surface area contributed by atoms with Crippen molar-refractivity contribution in [2.75, 3.05) is 6.54 Å². The molecule has 0 aromatic carbocycles. The number of fused-ring (bicyclic) bond motifs is 5. The van der Waals surface area contributed by atoms with Crippen molar-refractivity contribution in [3.63, 3.8) is 0 Å². The van der Waals surface area contributed by atoms with Gasteiger partial charge in [-0.15, -0.1) is 0 Å². The van der Waals surface area contributed by atoms with E-state index in [1.54, 1.807) is 0 Å². The molecular formula is C29H55NS. The minimum Gasteiger partial charge on any atom is -0.298 e. The van der Waals surface area contributed by atoms with Crippen molar-refractivity contribution in [1.29, 1.82) is 0 Å². The van der Waals surface area contributed by atoms with Gasteiger partial charge in [-0.3, -0.25) is 4.90 Å². The zero-order valence-corrected chi connectivity index (χ0v) is 22.0. The molecule has 4 unspecified atom stereocenters. The summed E-state index contributed by atoms with van der Waals surface area (Å²) in [6, 6.07) is 1.73. The van der Waals surface area contributed by atoms with E-state index in [2.05, 4.69) is 23.6 Å². The van der Waals surface area contributed by atoms with Crippen LogP contribution in [0.4, 0.5) is 0 Å². The molecule has 2 aliphatic carbocycles. The van der Waals surface area contributed by atoms with Crippen LogP contribution < -0.4 is 0 Å². The Kier molecular flexibility index (Phi) is 13.4. The van der Waals surface area contributed by atoms with E-state index in [0.29, 0.717) is 0 Å². The lowest BCUT2D eigenvalue weighted by molar-refractivity contribution is 0.108. The molecule has 0 aromatic rings. The first-order valence-electron chi connectivity index (χ1n) is 14.8. The molecule has 0 aromatic heterocycles. The van der Waals surface area contributed by atoms with E-state index in [0.717, 1.165) is 22.6 Å². The maximum absolute atomic E-state index is 3.04. The van der Waals surface area contributed by atoms with E-state index >= 15 is 0 Å². The molecule has 3 aliphatic rings. The predicted molar refractivity (Wildman–Crippen MR) is 141 cm³/mol. The molecule has 2 saturated carbocycles. The van der Waals surface area contributed by atoms with Gasteiger partial charge in [0.15, 0.2) is 0 Å². The van der Waals surface area contributed by atoms with Gasteiger partial charge < -0.3 is 0 Å². The molecule has 2 heteroatoms. The van der Waals surface area contributed by atoms with Crippen LogP contribution in [0.1, 0.15) is 155 Å². The van der Waals surface area contributed by atoms with Crippen molar-refractivity contribution in [2.45, 2.75) is 177 Å². The maximum atomic E-state index is 3.04. The third-order valence-electron chi connectivity index (χ3n) is 8.67. The zero-order chi connectivity index (χ0) is 21.6. The third kappa shape index (κ3) is 9.99. The molecule has 4 atom stereocenters. The number of hydrogen-bond donors (Lipinski definition) is 0. The minimum atomic E-state index is 0.864. The summed E-state index contributed by atoms with van der Waals surface area (Å²) >= 11 is 2.47. The normalized spacial score (nSPS) is 34.7. The standard InChI is InChI=1S/C29H55NS/c1-2-30-26-19-15-11-7-3-5-9-13-17-21-28(24-23-26)31-29-22-18-14-10-6-4-8-12-16-20-27(30)25-29/h26-29H,2-25H2,1H3. The number of thioether (sulfide) groups is 1. The van der Waals surface area contributed by atoms with Gasteiger partial charge >= 0.3 is 0 Å². The van der Waals surface area contributed by atoms with Crippen molar-refractivity contribution in [3.8, 4) is 0 Å². The first-order chi connectivity index (χ1) is 15.4. The fraction of sp³-hybridized carbons (Fsp3) is 1.00. The monoisotopic (exact) mass is 449 g/mol. The highest BCUT2D eigenvalue weighted by atomic mass is 32.2. The van der Waals surface area contributed by atoms with Crippen LogP contribution in [0, 0.1) is 0 Å². The van der Waals surface area contributed by atoms with Gasteiger partial charge in [0, 0.05) is 22.6 Å². The fourth-order valence-electron chi connectivity index (χ4n) is 6.81. The van der Waals surface area contributed by atoms with Gasteiger partial charge in [0.1, 0.15) is 0 Å². The molecular weight excluding hydrogens is 394 g/mol. The van der Waals surface area contributed by atoms with E-state index in [1.165, 1.54) is 154 Å². The zero-order valence-electron chi connectivity index (χ0n) is 21.1. The molecule has 0 radical (unpaired) electrons. The number of rotatable bonds is 1. The van der Waals surface area contributed by atoms with Crippen molar-refractivity contribution in [2.24, 2.45) is 0 Å². The van der Waals surface area contributed by atoms with E-state index in [-0.39, 0.29) is 0 Å². The molecule has 3 fully saturated rings. The van der Waals surface area contributed by atoms with Crippen LogP contribution >= 0.6 is 11.8 Å². The highest BCUT2D eigenvalue weighted by Gasteiger charge is 2.31. The minimum absolute atomic E-state index is 0.864. The first kappa shape index (κ1) is 25.9. The Balaban J connectivity index is 1.75. The Hall–Kier alpha value is 0.310. The van der Waals surface area contributed by atoms with Crippen molar-refractivity contribution in [3.05, 3.63) is 0 Å². The summed E-state index contributed by atoms with van der Waals surface area (Å²) in [7, 11) is 0. The van der Waals surface area contributed by atoms with Crippen molar-refractivity contribution < 1.29 is 0 Å². The van der Waals surface area contributed by atoms with Crippen LogP contribution in [0.5, 0.6) is 0 Å². The van der Waals surface area contributed by atoms with E-state index in [9.17, 15) is 0 Å². The number of nitrogens with zero attached hydrogens (tertiary/aromatic N) is 1. The average Bonchev–Trinajstić information content (AvgIpc) is 2.85. The summed E-state index contributed by atoms with van der Waals surface area (Å²) in [5, 5.41) is 1.88. The van der Waals surface area contributed by atoms with Crippen molar-refractivity contribution in [1.82, 2.24) is 4.90 Å². The molecule has 0 N–H and O–H groups in total. The molecule has 1 heterocycles. The first-order valence-corrected chi connectivity index (χ1v) is 15.7. The lowest BCUT2D eigenvalue weighted by Gasteiger charge is -2.38.